The van der Waals surface area contributed by atoms with Crippen molar-refractivity contribution in [2.75, 3.05) is 36.0 Å². The minimum absolute atomic E-state index is 0.153. The third kappa shape index (κ3) is 2.44. The molecule has 0 amide bonds. The van der Waals surface area contributed by atoms with Gasteiger partial charge < -0.3 is 9.80 Å². The Morgan fingerprint density at radius 3 is 2.61 bits per heavy atom. The van der Waals surface area contributed by atoms with E-state index in [9.17, 15) is 4.79 Å². The number of H-pyrrole nitrogens is 1. The molecule has 1 saturated heterocycles. The molecule has 23 heavy (non-hydrogen) atoms. The standard InChI is InChI=1S/C13H16N8OS/c1-8-17-18-13(23-8)21-5-3-20(4-6-21)12-15-10-9(11(22)16-12)7-14-19(10)2/h7H,3-6H2,1-2H3,(H,15,16,22). The lowest BCUT2D eigenvalue weighted by molar-refractivity contribution is 0.636. The Hall–Kier alpha value is -2.49. The molecule has 0 spiro atoms. The van der Waals surface area contributed by atoms with Gasteiger partial charge in [-0.25, -0.2) is 0 Å². The fourth-order valence-corrected chi connectivity index (χ4v) is 3.43. The highest BCUT2D eigenvalue weighted by atomic mass is 32.1. The summed E-state index contributed by atoms with van der Waals surface area (Å²) < 4.78 is 1.62. The van der Waals surface area contributed by atoms with Crippen LogP contribution >= 0.6 is 11.3 Å². The number of fused-ring (bicyclic) bond motifs is 1. The van der Waals surface area contributed by atoms with Gasteiger partial charge in [-0.2, -0.15) is 10.1 Å². The molecule has 1 fully saturated rings. The van der Waals surface area contributed by atoms with Gasteiger partial charge in [0.25, 0.3) is 5.56 Å². The molecule has 0 unspecified atom stereocenters. The molecular weight excluding hydrogens is 316 g/mol. The van der Waals surface area contributed by atoms with Crippen molar-refractivity contribution in [2.24, 2.45) is 7.05 Å². The first-order valence-corrected chi connectivity index (χ1v) is 8.15. The molecular formula is C13H16N8OS. The molecule has 1 aliphatic rings. The Morgan fingerprint density at radius 2 is 1.91 bits per heavy atom. The summed E-state index contributed by atoms with van der Waals surface area (Å²) in [6, 6.07) is 0. The van der Waals surface area contributed by atoms with Gasteiger partial charge in [-0.3, -0.25) is 14.5 Å². The molecule has 9 nitrogen and oxygen atoms in total. The molecule has 4 heterocycles. The molecule has 0 aromatic carbocycles. The molecule has 3 aromatic rings. The number of aromatic amines is 1. The quantitative estimate of drug-likeness (QED) is 0.713. The van der Waals surface area contributed by atoms with E-state index in [0.717, 1.165) is 36.3 Å². The van der Waals surface area contributed by atoms with E-state index in [4.69, 9.17) is 0 Å². The van der Waals surface area contributed by atoms with E-state index in [-0.39, 0.29) is 5.56 Å². The summed E-state index contributed by atoms with van der Waals surface area (Å²) >= 11 is 1.60. The topological polar surface area (TPSA) is 95.8 Å². The van der Waals surface area contributed by atoms with Crippen LogP contribution in [-0.2, 0) is 7.05 Å². The summed E-state index contributed by atoms with van der Waals surface area (Å²) in [6.07, 6.45) is 1.54. The molecule has 1 aliphatic heterocycles. The first-order chi connectivity index (χ1) is 11.1. The Labute approximate surface area is 135 Å². The lowest BCUT2D eigenvalue weighted by Gasteiger charge is -2.34. The van der Waals surface area contributed by atoms with E-state index in [1.165, 1.54) is 0 Å². The van der Waals surface area contributed by atoms with Crippen LogP contribution in [0.5, 0.6) is 0 Å². The number of hydrogen-bond acceptors (Lipinski definition) is 8. The number of aryl methyl sites for hydroxylation is 2. The van der Waals surface area contributed by atoms with Crippen LogP contribution in [-0.4, -0.2) is 56.1 Å². The highest BCUT2D eigenvalue weighted by Gasteiger charge is 2.22. The van der Waals surface area contributed by atoms with E-state index in [1.54, 1.807) is 29.3 Å². The fraction of sp³-hybridized carbons (Fsp3) is 0.462. The molecule has 1 N–H and O–H groups in total. The second-order valence-electron chi connectivity index (χ2n) is 5.47. The third-order valence-electron chi connectivity index (χ3n) is 3.95. The Kier molecular flexibility index (Phi) is 3.26. The largest absolute Gasteiger partial charge is 0.343 e. The minimum atomic E-state index is -0.153. The van der Waals surface area contributed by atoms with Crippen LogP contribution in [0, 0.1) is 6.92 Å². The van der Waals surface area contributed by atoms with Crippen molar-refractivity contribution in [3.05, 3.63) is 21.6 Å². The maximum Gasteiger partial charge on any atom is 0.263 e. The summed E-state index contributed by atoms with van der Waals surface area (Å²) in [5.74, 6) is 0.596. The number of rotatable bonds is 2. The summed E-state index contributed by atoms with van der Waals surface area (Å²) in [5, 5.41) is 14.8. The molecule has 120 valence electrons. The summed E-state index contributed by atoms with van der Waals surface area (Å²) in [6.45, 7) is 5.13. The van der Waals surface area contributed by atoms with E-state index in [1.807, 2.05) is 6.92 Å². The van der Waals surface area contributed by atoms with Crippen LogP contribution in [0.25, 0.3) is 11.0 Å². The van der Waals surface area contributed by atoms with Gasteiger partial charge in [0.1, 0.15) is 10.4 Å². The van der Waals surface area contributed by atoms with Crippen molar-refractivity contribution in [2.45, 2.75) is 6.92 Å². The lowest BCUT2D eigenvalue weighted by Crippen LogP contribution is -2.47. The average Bonchev–Trinajstić information content (AvgIpc) is 3.15. The van der Waals surface area contributed by atoms with Crippen LogP contribution in [0.4, 0.5) is 11.1 Å². The second-order valence-corrected chi connectivity index (χ2v) is 6.63. The van der Waals surface area contributed by atoms with Gasteiger partial charge in [-0.1, -0.05) is 11.3 Å². The van der Waals surface area contributed by atoms with Crippen molar-refractivity contribution in [1.82, 2.24) is 29.9 Å². The monoisotopic (exact) mass is 332 g/mol. The van der Waals surface area contributed by atoms with E-state index >= 15 is 0 Å². The van der Waals surface area contributed by atoms with Gasteiger partial charge >= 0.3 is 0 Å². The van der Waals surface area contributed by atoms with Crippen molar-refractivity contribution in [3.63, 3.8) is 0 Å². The Morgan fingerprint density at radius 1 is 1.17 bits per heavy atom. The van der Waals surface area contributed by atoms with E-state index in [2.05, 4.69) is 35.1 Å². The van der Waals surface area contributed by atoms with Crippen molar-refractivity contribution >= 4 is 33.5 Å². The number of hydrogen-bond donors (Lipinski definition) is 1. The summed E-state index contributed by atoms with van der Waals surface area (Å²) in [4.78, 5) is 23.8. The Balaban J connectivity index is 1.56. The number of piperazine rings is 1. The molecule has 4 rings (SSSR count). The van der Waals surface area contributed by atoms with Crippen LogP contribution in [0.3, 0.4) is 0 Å². The first kappa shape index (κ1) is 14.1. The molecule has 0 atom stereocenters. The number of aromatic nitrogens is 6. The summed E-state index contributed by atoms with van der Waals surface area (Å²) in [7, 11) is 1.79. The van der Waals surface area contributed by atoms with Gasteiger partial charge in [0.05, 0.1) is 6.20 Å². The molecule has 0 bridgehead atoms. The van der Waals surface area contributed by atoms with Crippen LogP contribution < -0.4 is 15.4 Å². The van der Waals surface area contributed by atoms with Gasteiger partial charge in [0, 0.05) is 33.2 Å². The number of nitrogens with zero attached hydrogens (tertiary/aromatic N) is 7. The van der Waals surface area contributed by atoms with Crippen molar-refractivity contribution in [1.29, 1.82) is 0 Å². The van der Waals surface area contributed by atoms with Crippen LogP contribution in [0.2, 0.25) is 0 Å². The number of nitrogens with one attached hydrogen (secondary N) is 1. The maximum atomic E-state index is 12.1. The zero-order valence-electron chi connectivity index (χ0n) is 12.9. The zero-order valence-corrected chi connectivity index (χ0v) is 13.7. The van der Waals surface area contributed by atoms with Crippen molar-refractivity contribution < 1.29 is 0 Å². The highest BCUT2D eigenvalue weighted by Crippen LogP contribution is 2.22. The molecule has 0 radical (unpaired) electrons. The molecule has 3 aromatic heterocycles. The smallest absolute Gasteiger partial charge is 0.263 e. The van der Waals surface area contributed by atoms with Crippen molar-refractivity contribution in [3.8, 4) is 0 Å². The fourth-order valence-electron chi connectivity index (χ4n) is 2.69. The Bertz CT molecular complexity index is 904. The van der Waals surface area contributed by atoms with Gasteiger partial charge in [-0.05, 0) is 6.92 Å². The minimum Gasteiger partial charge on any atom is -0.343 e. The SMILES string of the molecule is Cc1nnc(N2CCN(c3nc4c(cnn4C)c(=O)[nH]3)CC2)s1. The third-order valence-corrected chi connectivity index (χ3v) is 4.85. The van der Waals surface area contributed by atoms with Gasteiger partial charge in [0.2, 0.25) is 11.1 Å². The van der Waals surface area contributed by atoms with Crippen LogP contribution in [0.1, 0.15) is 5.01 Å². The molecule has 10 heteroatoms. The first-order valence-electron chi connectivity index (χ1n) is 7.34. The second kappa shape index (κ2) is 5.30. The lowest BCUT2D eigenvalue weighted by atomic mass is 10.3. The van der Waals surface area contributed by atoms with Gasteiger partial charge in [-0.15, -0.1) is 10.2 Å². The van der Waals surface area contributed by atoms with Crippen LogP contribution in [0.15, 0.2) is 11.0 Å². The number of anilines is 2. The highest BCUT2D eigenvalue weighted by molar-refractivity contribution is 7.15. The normalized spacial score (nSPS) is 15.6. The molecule has 0 saturated carbocycles. The predicted molar refractivity (Wildman–Crippen MR) is 88.2 cm³/mol. The van der Waals surface area contributed by atoms with Gasteiger partial charge in [0.15, 0.2) is 5.65 Å². The summed E-state index contributed by atoms with van der Waals surface area (Å²) in [5.41, 5.74) is 0.450. The molecule has 0 aliphatic carbocycles. The van der Waals surface area contributed by atoms with E-state index in [0.29, 0.717) is 17.0 Å². The zero-order chi connectivity index (χ0) is 16.0. The average molecular weight is 332 g/mol. The van der Waals surface area contributed by atoms with E-state index < -0.39 is 0 Å². The predicted octanol–water partition coefficient (Wildman–Crippen LogP) is 0.143. The maximum absolute atomic E-state index is 12.1.